The Morgan fingerprint density at radius 3 is 2.29 bits per heavy atom. The minimum Gasteiger partial charge on any atom is -0.389 e. The lowest BCUT2D eigenvalue weighted by Gasteiger charge is -2.14. The maximum atomic E-state index is 9.54. The van der Waals surface area contributed by atoms with E-state index in [1.807, 2.05) is 19.1 Å². The molecular weight excluding hydrogens is 172 g/mol. The Kier molecular flexibility index (Phi) is 7.87. The van der Waals surface area contributed by atoms with Crippen LogP contribution in [0.4, 0.5) is 0 Å². The molecule has 14 heavy (non-hydrogen) atoms. The molecule has 0 heterocycles. The van der Waals surface area contributed by atoms with E-state index in [9.17, 15) is 5.11 Å². The molecule has 0 spiro atoms. The van der Waals surface area contributed by atoms with Gasteiger partial charge in [0.05, 0.1) is 6.10 Å². The van der Waals surface area contributed by atoms with E-state index in [1.54, 1.807) is 0 Å². The fourth-order valence-electron chi connectivity index (χ4n) is 1.71. The van der Waals surface area contributed by atoms with Crippen LogP contribution in [0.15, 0.2) is 12.2 Å². The zero-order chi connectivity index (χ0) is 11.0. The quantitative estimate of drug-likeness (QED) is 0.617. The van der Waals surface area contributed by atoms with Crippen molar-refractivity contribution in [3.8, 4) is 0 Å². The van der Waals surface area contributed by atoms with Gasteiger partial charge in [0.25, 0.3) is 0 Å². The molecule has 0 aromatic rings. The van der Waals surface area contributed by atoms with Gasteiger partial charge in [-0.05, 0) is 25.2 Å². The van der Waals surface area contributed by atoms with Crippen molar-refractivity contribution >= 4 is 0 Å². The predicted octanol–water partition coefficient (Wildman–Crippen LogP) is 3.78. The van der Waals surface area contributed by atoms with E-state index in [1.165, 1.54) is 19.3 Å². The number of aliphatic hydroxyl groups is 1. The van der Waals surface area contributed by atoms with Gasteiger partial charge < -0.3 is 5.11 Å². The average molecular weight is 198 g/mol. The first-order chi connectivity index (χ1) is 6.56. The van der Waals surface area contributed by atoms with E-state index in [4.69, 9.17) is 0 Å². The number of aliphatic hydroxyl groups excluding tert-OH is 1. The Morgan fingerprint density at radius 1 is 1.14 bits per heavy atom. The van der Waals surface area contributed by atoms with Crippen LogP contribution in [0.5, 0.6) is 0 Å². The molecule has 1 N–H and O–H groups in total. The van der Waals surface area contributed by atoms with Gasteiger partial charge in [0.15, 0.2) is 0 Å². The number of rotatable bonds is 7. The van der Waals surface area contributed by atoms with E-state index >= 15 is 0 Å². The summed E-state index contributed by atoms with van der Waals surface area (Å²) in [6.07, 6.45) is 8.31. The third kappa shape index (κ3) is 8.31. The largest absolute Gasteiger partial charge is 0.389 e. The van der Waals surface area contributed by atoms with E-state index in [-0.39, 0.29) is 6.10 Å². The van der Waals surface area contributed by atoms with E-state index in [0.29, 0.717) is 5.92 Å². The molecule has 0 aliphatic carbocycles. The van der Waals surface area contributed by atoms with Gasteiger partial charge in [-0.15, -0.1) is 0 Å². The molecule has 0 unspecified atom stereocenters. The van der Waals surface area contributed by atoms with Gasteiger partial charge in [-0.2, -0.15) is 0 Å². The van der Waals surface area contributed by atoms with Gasteiger partial charge in [-0.25, -0.2) is 0 Å². The SMILES string of the molecule is C/C=C/[C@@H](O)C[C@H](C)CCCC(C)C. The monoisotopic (exact) mass is 198 g/mol. The zero-order valence-electron chi connectivity index (χ0n) is 10.2. The average Bonchev–Trinajstić information content (AvgIpc) is 2.03. The summed E-state index contributed by atoms with van der Waals surface area (Å²) in [5, 5.41) is 9.54. The second-order valence-electron chi connectivity index (χ2n) is 4.76. The Labute approximate surface area is 89.2 Å². The lowest BCUT2D eigenvalue weighted by Crippen LogP contribution is -2.08. The number of hydrogen-bond acceptors (Lipinski definition) is 1. The van der Waals surface area contributed by atoms with Crippen molar-refractivity contribution < 1.29 is 5.11 Å². The van der Waals surface area contributed by atoms with Crippen molar-refractivity contribution in [2.45, 2.75) is 59.5 Å². The van der Waals surface area contributed by atoms with Gasteiger partial charge in [0, 0.05) is 0 Å². The Morgan fingerprint density at radius 2 is 1.79 bits per heavy atom. The van der Waals surface area contributed by atoms with Gasteiger partial charge in [0.1, 0.15) is 0 Å². The summed E-state index contributed by atoms with van der Waals surface area (Å²) in [5.74, 6) is 1.45. The molecule has 0 aliphatic rings. The van der Waals surface area contributed by atoms with Crippen LogP contribution in [-0.2, 0) is 0 Å². The van der Waals surface area contributed by atoms with Crippen LogP contribution in [-0.4, -0.2) is 11.2 Å². The minimum atomic E-state index is -0.242. The molecule has 0 aliphatic heterocycles. The van der Waals surface area contributed by atoms with Crippen LogP contribution in [0, 0.1) is 11.8 Å². The standard InChI is InChI=1S/C13H26O/c1-5-7-13(14)10-12(4)9-6-8-11(2)3/h5,7,11-14H,6,8-10H2,1-4H3/b7-5+/t12-,13-/m1/s1. The van der Waals surface area contributed by atoms with E-state index in [0.717, 1.165) is 12.3 Å². The summed E-state index contributed by atoms with van der Waals surface area (Å²) in [6, 6.07) is 0. The summed E-state index contributed by atoms with van der Waals surface area (Å²) >= 11 is 0. The summed E-state index contributed by atoms with van der Waals surface area (Å²) < 4.78 is 0. The first-order valence-corrected chi connectivity index (χ1v) is 5.87. The lowest BCUT2D eigenvalue weighted by molar-refractivity contribution is 0.186. The van der Waals surface area contributed by atoms with Crippen LogP contribution in [0.1, 0.15) is 53.4 Å². The molecule has 1 heteroatoms. The summed E-state index contributed by atoms with van der Waals surface area (Å²) in [5.41, 5.74) is 0. The smallest absolute Gasteiger partial charge is 0.0723 e. The Hall–Kier alpha value is -0.300. The summed E-state index contributed by atoms with van der Waals surface area (Å²) in [7, 11) is 0. The molecule has 0 radical (unpaired) electrons. The molecule has 0 bridgehead atoms. The van der Waals surface area contributed by atoms with E-state index < -0.39 is 0 Å². The number of hydrogen-bond donors (Lipinski definition) is 1. The third-order valence-electron chi connectivity index (χ3n) is 2.54. The van der Waals surface area contributed by atoms with Crippen LogP contribution in [0.3, 0.4) is 0 Å². The molecule has 0 fully saturated rings. The molecule has 0 aromatic carbocycles. The molecule has 0 aromatic heterocycles. The lowest BCUT2D eigenvalue weighted by atomic mass is 9.95. The first-order valence-electron chi connectivity index (χ1n) is 5.87. The predicted molar refractivity (Wildman–Crippen MR) is 63.3 cm³/mol. The highest BCUT2D eigenvalue weighted by atomic mass is 16.3. The molecular formula is C13H26O. The van der Waals surface area contributed by atoms with Crippen molar-refractivity contribution in [1.82, 2.24) is 0 Å². The van der Waals surface area contributed by atoms with Crippen LogP contribution in [0.2, 0.25) is 0 Å². The van der Waals surface area contributed by atoms with Crippen molar-refractivity contribution in [3.05, 3.63) is 12.2 Å². The highest BCUT2D eigenvalue weighted by Crippen LogP contribution is 2.17. The highest BCUT2D eigenvalue weighted by Gasteiger charge is 2.07. The molecule has 0 rings (SSSR count). The maximum absolute atomic E-state index is 9.54. The van der Waals surface area contributed by atoms with Gasteiger partial charge in [-0.3, -0.25) is 0 Å². The highest BCUT2D eigenvalue weighted by molar-refractivity contribution is 4.86. The van der Waals surface area contributed by atoms with E-state index in [2.05, 4.69) is 20.8 Å². The minimum absolute atomic E-state index is 0.242. The van der Waals surface area contributed by atoms with Crippen molar-refractivity contribution in [1.29, 1.82) is 0 Å². The Bertz CT molecular complexity index is 149. The van der Waals surface area contributed by atoms with Gasteiger partial charge >= 0.3 is 0 Å². The normalized spacial score (nSPS) is 16.4. The summed E-state index contributed by atoms with van der Waals surface area (Å²) in [4.78, 5) is 0. The zero-order valence-corrected chi connectivity index (χ0v) is 10.2. The fraction of sp³-hybridized carbons (Fsp3) is 0.846. The molecule has 1 nitrogen and oxygen atoms in total. The van der Waals surface area contributed by atoms with Crippen LogP contribution in [0.25, 0.3) is 0 Å². The first kappa shape index (κ1) is 13.7. The molecule has 0 amide bonds. The summed E-state index contributed by atoms with van der Waals surface area (Å²) in [6.45, 7) is 8.71. The van der Waals surface area contributed by atoms with Crippen molar-refractivity contribution in [3.63, 3.8) is 0 Å². The van der Waals surface area contributed by atoms with Gasteiger partial charge in [-0.1, -0.05) is 52.2 Å². The second-order valence-corrected chi connectivity index (χ2v) is 4.76. The third-order valence-corrected chi connectivity index (χ3v) is 2.54. The molecule has 2 atom stereocenters. The van der Waals surface area contributed by atoms with Crippen molar-refractivity contribution in [2.75, 3.05) is 0 Å². The topological polar surface area (TPSA) is 20.2 Å². The molecule has 84 valence electrons. The maximum Gasteiger partial charge on any atom is 0.0723 e. The molecule has 0 saturated carbocycles. The second kappa shape index (κ2) is 8.05. The van der Waals surface area contributed by atoms with Crippen LogP contribution < -0.4 is 0 Å². The van der Waals surface area contributed by atoms with Gasteiger partial charge in [0.2, 0.25) is 0 Å². The fourth-order valence-corrected chi connectivity index (χ4v) is 1.71. The van der Waals surface area contributed by atoms with Crippen molar-refractivity contribution in [2.24, 2.45) is 11.8 Å². The molecule has 0 saturated heterocycles. The van der Waals surface area contributed by atoms with Crippen LogP contribution >= 0.6 is 0 Å². The number of allylic oxidation sites excluding steroid dienone is 1. The Balaban J connectivity index is 3.49.